The van der Waals surface area contributed by atoms with Gasteiger partial charge in [-0.3, -0.25) is 0 Å². The van der Waals surface area contributed by atoms with E-state index in [0.717, 1.165) is 0 Å². The Morgan fingerprint density at radius 3 is 1.47 bits per heavy atom. The first-order valence-corrected chi connectivity index (χ1v) is 4.62. The Bertz CT molecular complexity index is 157. The van der Waals surface area contributed by atoms with Gasteiger partial charge in [0.1, 0.15) is 6.61 Å². The maximum absolute atomic E-state index is 10.5. The highest BCUT2D eigenvalue weighted by atomic mass is 16.5. The van der Waals surface area contributed by atoms with Crippen molar-refractivity contribution in [1.82, 2.24) is 0 Å². The van der Waals surface area contributed by atoms with Crippen molar-refractivity contribution in [1.29, 1.82) is 0 Å². The van der Waals surface area contributed by atoms with Crippen molar-refractivity contribution >= 4 is 5.97 Å². The molecule has 0 heterocycles. The summed E-state index contributed by atoms with van der Waals surface area (Å²) in [4.78, 5) is 10.5. The quantitative estimate of drug-likeness (QED) is 0.469. The zero-order chi connectivity index (χ0) is 15.3. The third-order valence-corrected chi connectivity index (χ3v) is 0.673. The van der Waals surface area contributed by atoms with E-state index in [1.165, 1.54) is 0 Å². The molecule has 0 spiro atoms. The second-order valence-electron chi connectivity index (χ2n) is 1.64. The van der Waals surface area contributed by atoms with Gasteiger partial charge in [-0.05, 0) is 6.92 Å². The molecular weight excluding hydrogens is 216 g/mol. The molecule has 0 saturated carbocycles. The summed E-state index contributed by atoms with van der Waals surface area (Å²) in [5.41, 5.74) is 0.350. The van der Waals surface area contributed by atoms with Gasteiger partial charge < -0.3 is 9.84 Å². The van der Waals surface area contributed by atoms with Crippen LogP contribution in [0.15, 0.2) is 64.8 Å². The van der Waals surface area contributed by atoms with Crippen LogP contribution < -0.4 is 0 Å². The molecule has 3 nitrogen and oxygen atoms in total. The molecule has 0 atom stereocenters. The smallest absolute Gasteiger partial charge is 0.333 e. The molecule has 0 fully saturated rings. The largest absolute Gasteiger partial charge is 0.460 e. The van der Waals surface area contributed by atoms with Crippen LogP contribution in [-0.2, 0) is 9.53 Å². The Morgan fingerprint density at radius 2 is 1.29 bits per heavy atom. The van der Waals surface area contributed by atoms with Crippen LogP contribution in [-0.4, -0.2) is 24.3 Å². The summed E-state index contributed by atoms with van der Waals surface area (Å²) in [6.07, 6.45) is 0. The number of carbonyl (C=O) groups excluding carboxylic acids is 1. The molecule has 3 heteroatoms. The van der Waals surface area contributed by atoms with Crippen molar-refractivity contribution in [2.24, 2.45) is 0 Å². The van der Waals surface area contributed by atoms with Gasteiger partial charge in [0.2, 0.25) is 0 Å². The van der Waals surface area contributed by atoms with E-state index >= 15 is 0 Å². The van der Waals surface area contributed by atoms with Crippen molar-refractivity contribution in [3.05, 3.63) is 64.8 Å². The lowest BCUT2D eigenvalue weighted by atomic mass is 10.4. The molecule has 0 aliphatic heterocycles. The van der Waals surface area contributed by atoms with E-state index in [1.54, 1.807) is 6.92 Å². The molecule has 0 rings (SSSR count). The van der Waals surface area contributed by atoms with E-state index in [2.05, 4.69) is 63.9 Å². The minimum Gasteiger partial charge on any atom is -0.460 e. The predicted molar refractivity (Wildman–Crippen MR) is 77.9 cm³/mol. The summed E-state index contributed by atoms with van der Waals surface area (Å²) in [5, 5.41) is 8.19. The second-order valence-corrected chi connectivity index (χ2v) is 1.64. The summed E-state index contributed by atoms with van der Waals surface area (Å²) >= 11 is 0. The monoisotopic (exact) mass is 242 g/mol. The zero-order valence-electron chi connectivity index (χ0n) is 11.0. The Labute approximate surface area is 106 Å². The van der Waals surface area contributed by atoms with Crippen molar-refractivity contribution < 1.29 is 14.6 Å². The lowest BCUT2D eigenvalue weighted by Crippen LogP contribution is -2.08. The Balaban J connectivity index is -0.0000000507. The highest BCUT2D eigenvalue weighted by Gasteiger charge is 1.99. The lowest BCUT2D eigenvalue weighted by molar-refractivity contribution is -0.139. The predicted octanol–water partition coefficient (Wildman–Crippen LogP) is 3.31. The van der Waals surface area contributed by atoms with Gasteiger partial charge in [-0.15, -0.1) is 52.6 Å². The highest BCUT2D eigenvalue weighted by Crippen LogP contribution is 1.89. The van der Waals surface area contributed by atoms with E-state index < -0.39 is 5.97 Å². The molecule has 17 heavy (non-hydrogen) atoms. The number of carbonyl (C=O) groups is 1. The number of rotatable bonds is 3. The topological polar surface area (TPSA) is 46.5 Å². The van der Waals surface area contributed by atoms with Crippen molar-refractivity contribution in [3.8, 4) is 0 Å². The average molecular weight is 242 g/mol. The maximum Gasteiger partial charge on any atom is 0.333 e. The van der Waals surface area contributed by atoms with Gasteiger partial charge in [0.15, 0.2) is 0 Å². The number of hydrogen-bond donors (Lipinski definition) is 1. The van der Waals surface area contributed by atoms with Crippen molar-refractivity contribution in [2.45, 2.75) is 6.92 Å². The number of hydrogen-bond acceptors (Lipinski definition) is 3. The van der Waals surface area contributed by atoms with Gasteiger partial charge in [-0.1, -0.05) is 6.58 Å². The second kappa shape index (κ2) is 47.9. The van der Waals surface area contributed by atoms with Crippen LogP contribution in [0.2, 0.25) is 0 Å². The van der Waals surface area contributed by atoms with Gasteiger partial charge in [0, 0.05) is 5.57 Å². The van der Waals surface area contributed by atoms with Gasteiger partial charge >= 0.3 is 5.97 Å². The van der Waals surface area contributed by atoms with Crippen LogP contribution in [0, 0.1) is 0 Å². The Morgan fingerprint density at radius 1 is 1.00 bits per heavy atom. The van der Waals surface area contributed by atoms with Gasteiger partial charge in [-0.25, -0.2) is 4.79 Å². The Hall–Kier alpha value is -1.87. The molecule has 0 amide bonds. The lowest BCUT2D eigenvalue weighted by Gasteiger charge is -1.99. The summed E-state index contributed by atoms with van der Waals surface area (Å²) in [6.45, 7) is 28.8. The molecule has 0 aromatic carbocycles. The van der Waals surface area contributed by atoms with E-state index in [1.807, 2.05) is 0 Å². The fraction of sp³-hybridized carbons (Fsp3) is 0.214. The molecule has 0 bridgehead atoms. The van der Waals surface area contributed by atoms with Gasteiger partial charge in [0.05, 0.1) is 6.61 Å². The minimum atomic E-state index is -0.455. The number of aliphatic hydroxyl groups excluding tert-OH is 1. The fourth-order valence-electron chi connectivity index (χ4n) is 0.262. The standard InChI is InChI=1S/C6H10O3.4C2H4/c1-5(2)6(8)9-4-3-7;4*1-2/h7H,1,3-4H2,2H3;4*1-2H2. The summed E-state index contributed by atoms with van der Waals surface area (Å²) in [7, 11) is 0. The summed E-state index contributed by atoms with van der Waals surface area (Å²) < 4.78 is 4.46. The van der Waals surface area contributed by atoms with Crippen LogP contribution in [0.5, 0.6) is 0 Å². The molecule has 0 aromatic rings. The molecule has 0 aromatic heterocycles. The third kappa shape index (κ3) is 55.3. The minimum absolute atomic E-state index is 0.0473. The van der Waals surface area contributed by atoms with Crippen molar-refractivity contribution in [3.63, 3.8) is 0 Å². The average Bonchev–Trinajstić information content (AvgIpc) is 2.44. The molecule has 0 unspecified atom stereocenters. The first-order valence-electron chi connectivity index (χ1n) is 4.62. The van der Waals surface area contributed by atoms with E-state index in [0.29, 0.717) is 5.57 Å². The van der Waals surface area contributed by atoms with E-state index in [-0.39, 0.29) is 13.2 Å². The van der Waals surface area contributed by atoms with Crippen LogP contribution in [0.4, 0.5) is 0 Å². The molecule has 100 valence electrons. The van der Waals surface area contributed by atoms with Crippen LogP contribution >= 0.6 is 0 Å². The normalized spacial score (nSPS) is 5.53. The summed E-state index contributed by atoms with van der Waals surface area (Å²) in [6, 6.07) is 0. The summed E-state index contributed by atoms with van der Waals surface area (Å²) in [5.74, 6) is -0.455. The SMILES string of the molecule is C=C.C=C.C=C.C=C.C=C(C)C(=O)OCCO. The number of ether oxygens (including phenoxy) is 1. The van der Waals surface area contributed by atoms with Crippen LogP contribution in [0.1, 0.15) is 6.92 Å². The molecule has 0 aliphatic carbocycles. The number of aliphatic hydroxyl groups is 1. The maximum atomic E-state index is 10.5. The highest BCUT2D eigenvalue weighted by molar-refractivity contribution is 5.86. The van der Waals surface area contributed by atoms with E-state index in [9.17, 15) is 4.79 Å². The van der Waals surface area contributed by atoms with Gasteiger partial charge in [-0.2, -0.15) is 0 Å². The third-order valence-electron chi connectivity index (χ3n) is 0.673. The van der Waals surface area contributed by atoms with E-state index in [4.69, 9.17) is 5.11 Å². The molecule has 0 radical (unpaired) electrons. The fourth-order valence-corrected chi connectivity index (χ4v) is 0.262. The first-order chi connectivity index (χ1) is 8.18. The van der Waals surface area contributed by atoms with Crippen LogP contribution in [0.3, 0.4) is 0 Å². The molecular formula is C14H26O3. The first kappa shape index (κ1) is 29.4. The van der Waals surface area contributed by atoms with Crippen molar-refractivity contribution in [2.75, 3.05) is 13.2 Å². The molecule has 0 aliphatic rings. The number of esters is 1. The van der Waals surface area contributed by atoms with Crippen LogP contribution in [0.25, 0.3) is 0 Å². The molecule has 0 saturated heterocycles. The Kier molecular flexibility index (Phi) is 83.0. The van der Waals surface area contributed by atoms with Gasteiger partial charge in [0.25, 0.3) is 0 Å². The zero-order valence-corrected chi connectivity index (χ0v) is 11.0. The molecule has 1 N–H and O–H groups in total.